The van der Waals surface area contributed by atoms with Gasteiger partial charge in [0.2, 0.25) is 0 Å². The summed E-state index contributed by atoms with van der Waals surface area (Å²) in [6, 6.07) is 7.99. The first kappa shape index (κ1) is 29.2. The van der Waals surface area contributed by atoms with Crippen LogP contribution in [0.2, 0.25) is 0 Å². The van der Waals surface area contributed by atoms with Crippen LogP contribution in [0, 0.1) is 35.0 Å². The van der Waals surface area contributed by atoms with E-state index in [4.69, 9.17) is 0 Å². The highest BCUT2D eigenvalue weighted by atomic mass is 32.2. The molecule has 0 bridgehead atoms. The SMILES string of the molecule is CC[C@]1(O)CCC2C(=CCC3C2CCC2(C)C3CC[C@@H]2CCC(CCC(F)(F)F)S(=O)(=O)c2ccccc2)C1. The molecule has 0 aromatic heterocycles. The van der Waals surface area contributed by atoms with Gasteiger partial charge in [-0.25, -0.2) is 8.42 Å². The van der Waals surface area contributed by atoms with E-state index in [1.165, 1.54) is 24.1 Å². The third-order valence-corrected chi connectivity index (χ3v) is 13.8. The summed E-state index contributed by atoms with van der Waals surface area (Å²) in [6.45, 7) is 4.47. The minimum absolute atomic E-state index is 0.121. The van der Waals surface area contributed by atoms with Gasteiger partial charge in [0.15, 0.2) is 9.84 Å². The van der Waals surface area contributed by atoms with Crippen LogP contribution in [0.1, 0.15) is 97.3 Å². The topological polar surface area (TPSA) is 54.4 Å². The molecule has 0 aliphatic heterocycles. The van der Waals surface area contributed by atoms with Gasteiger partial charge in [-0.15, -0.1) is 0 Å². The molecule has 218 valence electrons. The first-order chi connectivity index (χ1) is 18.4. The molecule has 8 atom stereocenters. The van der Waals surface area contributed by atoms with Crippen LogP contribution in [-0.4, -0.2) is 30.6 Å². The van der Waals surface area contributed by atoms with Crippen molar-refractivity contribution < 1.29 is 26.7 Å². The van der Waals surface area contributed by atoms with Gasteiger partial charge in [0, 0.05) is 6.42 Å². The second kappa shape index (κ2) is 10.8. The largest absolute Gasteiger partial charge is 0.390 e. The van der Waals surface area contributed by atoms with E-state index in [0.29, 0.717) is 36.0 Å². The predicted octanol–water partition coefficient (Wildman–Crippen LogP) is 8.28. The summed E-state index contributed by atoms with van der Waals surface area (Å²) in [4.78, 5) is 0.125. The Balaban J connectivity index is 1.29. The maximum Gasteiger partial charge on any atom is 0.389 e. The quantitative estimate of drug-likeness (QED) is 0.322. The van der Waals surface area contributed by atoms with Crippen LogP contribution >= 0.6 is 0 Å². The normalized spacial score (nSPS) is 37.4. The van der Waals surface area contributed by atoms with E-state index in [-0.39, 0.29) is 23.2 Å². The predicted molar refractivity (Wildman–Crippen MR) is 148 cm³/mol. The molecule has 0 amide bonds. The molecule has 4 aliphatic carbocycles. The Morgan fingerprint density at radius 3 is 2.46 bits per heavy atom. The van der Waals surface area contributed by atoms with Crippen molar-refractivity contribution in [2.24, 2.45) is 35.0 Å². The molecule has 5 rings (SSSR count). The number of hydrogen-bond acceptors (Lipinski definition) is 3. The van der Waals surface area contributed by atoms with E-state index in [1.807, 2.05) is 0 Å². The molecule has 3 nitrogen and oxygen atoms in total. The maximum atomic E-state index is 13.4. The first-order valence-corrected chi connectivity index (χ1v) is 16.7. The summed E-state index contributed by atoms with van der Waals surface area (Å²) < 4.78 is 66.3. The highest BCUT2D eigenvalue weighted by Crippen LogP contribution is 2.64. The Bertz CT molecular complexity index is 1150. The van der Waals surface area contributed by atoms with Crippen molar-refractivity contribution in [3.8, 4) is 0 Å². The van der Waals surface area contributed by atoms with E-state index in [0.717, 1.165) is 51.4 Å². The summed E-state index contributed by atoms with van der Waals surface area (Å²) in [5.74, 6) is 2.82. The molecule has 3 saturated carbocycles. The first-order valence-electron chi connectivity index (χ1n) is 15.1. The van der Waals surface area contributed by atoms with Gasteiger partial charge >= 0.3 is 6.18 Å². The Morgan fingerprint density at radius 1 is 1.03 bits per heavy atom. The van der Waals surface area contributed by atoms with E-state index in [2.05, 4.69) is 19.9 Å². The van der Waals surface area contributed by atoms with Crippen molar-refractivity contribution >= 4 is 9.84 Å². The molecule has 4 aliphatic rings. The Labute approximate surface area is 232 Å². The van der Waals surface area contributed by atoms with E-state index in [9.17, 15) is 26.7 Å². The third-order valence-electron chi connectivity index (χ3n) is 11.5. The number of fused-ring (bicyclic) bond motifs is 5. The third kappa shape index (κ3) is 5.73. The van der Waals surface area contributed by atoms with Gasteiger partial charge in [-0.2, -0.15) is 13.2 Å². The highest BCUT2D eigenvalue weighted by Gasteiger charge is 2.56. The zero-order valence-electron chi connectivity index (χ0n) is 23.4. The molecule has 39 heavy (non-hydrogen) atoms. The number of aliphatic hydroxyl groups is 1. The van der Waals surface area contributed by atoms with Gasteiger partial charge in [-0.3, -0.25) is 0 Å². The molecule has 1 aromatic carbocycles. The Hall–Kier alpha value is -1.34. The van der Waals surface area contributed by atoms with Crippen LogP contribution in [0.3, 0.4) is 0 Å². The van der Waals surface area contributed by atoms with Crippen LogP contribution in [0.4, 0.5) is 13.2 Å². The molecule has 1 N–H and O–H groups in total. The maximum absolute atomic E-state index is 13.4. The van der Waals surface area contributed by atoms with Gasteiger partial charge in [-0.05, 0) is 124 Å². The number of alkyl halides is 3. The van der Waals surface area contributed by atoms with E-state index < -0.39 is 33.3 Å². The fraction of sp³-hybridized carbons (Fsp3) is 0.750. The molecular weight excluding hydrogens is 521 g/mol. The second-order valence-corrected chi connectivity index (χ2v) is 15.6. The second-order valence-electron chi connectivity index (χ2n) is 13.4. The van der Waals surface area contributed by atoms with Crippen molar-refractivity contribution in [3.63, 3.8) is 0 Å². The van der Waals surface area contributed by atoms with Crippen molar-refractivity contribution in [1.29, 1.82) is 0 Å². The summed E-state index contributed by atoms with van der Waals surface area (Å²) in [5.41, 5.74) is 1.05. The molecule has 0 heterocycles. The number of hydrogen-bond donors (Lipinski definition) is 1. The zero-order chi connectivity index (χ0) is 28.1. The van der Waals surface area contributed by atoms with Gasteiger partial charge in [0.05, 0.1) is 15.7 Å². The van der Waals surface area contributed by atoms with Crippen LogP contribution in [0.15, 0.2) is 46.9 Å². The van der Waals surface area contributed by atoms with Gasteiger partial charge in [0.1, 0.15) is 0 Å². The molecule has 1 aromatic rings. The fourth-order valence-electron chi connectivity index (χ4n) is 9.22. The van der Waals surface area contributed by atoms with Crippen molar-refractivity contribution in [2.75, 3.05) is 0 Å². The van der Waals surface area contributed by atoms with Crippen molar-refractivity contribution in [1.82, 2.24) is 0 Å². The van der Waals surface area contributed by atoms with E-state index >= 15 is 0 Å². The van der Waals surface area contributed by atoms with Gasteiger partial charge < -0.3 is 5.11 Å². The number of halogens is 3. The average molecular weight is 567 g/mol. The number of rotatable bonds is 8. The average Bonchev–Trinajstić information content (AvgIpc) is 3.24. The van der Waals surface area contributed by atoms with Crippen LogP contribution in [-0.2, 0) is 9.84 Å². The monoisotopic (exact) mass is 566 g/mol. The molecule has 0 radical (unpaired) electrons. The lowest BCUT2D eigenvalue weighted by Crippen LogP contribution is -2.47. The lowest BCUT2D eigenvalue weighted by molar-refractivity contribution is -0.135. The molecule has 0 spiro atoms. The smallest absolute Gasteiger partial charge is 0.389 e. The summed E-state index contributed by atoms with van der Waals surface area (Å²) in [5, 5.41) is 9.90. The van der Waals surface area contributed by atoms with Crippen molar-refractivity contribution in [3.05, 3.63) is 42.0 Å². The van der Waals surface area contributed by atoms with Crippen molar-refractivity contribution in [2.45, 2.75) is 119 Å². The van der Waals surface area contributed by atoms with Gasteiger partial charge in [0.25, 0.3) is 0 Å². The highest BCUT2D eigenvalue weighted by molar-refractivity contribution is 7.92. The number of sulfone groups is 1. The van der Waals surface area contributed by atoms with Crippen LogP contribution < -0.4 is 0 Å². The number of benzene rings is 1. The Kier molecular flexibility index (Phi) is 8.09. The summed E-state index contributed by atoms with van der Waals surface area (Å²) in [7, 11) is -3.84. The lowest BCUT2D eigenvalue weighted by atomic mass is 9.51. The number of allylic oxidation sites excluding steroid dienone is 1. The molecule has 6 unspecified atom stereocenters. The molecule has 0 saturated heterocycles. The molecule has 7 heteroatoms. The van der Waals surface area contributed by atoms with Crippen LogP contribution in [0.5, 0.6) is 0 Å². The molecule has 3 fully saturated rings. The minimum Gasteiger partial charge on any atom is -0.390 e. The summed E-state index contributed by atoms with van der Waals surface area (Å²) >= 11 is 0. The van der Waals surface area contributed by atoms with E-state index in [1.54, 1.807) is 18.2 Å². The standard InChI is InChI=1S/C32H45F3O3S/c1-3-31(36)19-17-26-22(21-31)9-13-28-27(26)16-18-30(2)23(11-14-29(28)30)10-12-25(15-20-32(33,34)35)39(37,38)24-7-5-4-6-8-24/h4-9,23,25-29,36H,3,10-21H2,1-2H3/t23-,25?,26?,27?,28?,29?,30?,31-/m0/s1. The van der Waals surface area contributed by atoms with Gasteiger partial charge in [-0.1, -0.05) is 43.7 Å². The minimum atomic E-state index is -4.37. The fourth-order valence-corrected chi connectivity index (χ4v) is 11.0. The van der Waals surface area contributed by atoms with Crippen LogP contribution in [0.25, 0.3) is 0 Å². The lowest BCUT2D eigenvalue weighted by Gasteiger charge is -2.54. The summed E-state index contributed by atoms with van der Waals surface area (Å²) in [6.07, 6.45) is 6.68. The Morgan fingerprint density at radius 2 is 1.77 bits per heavy atom. The zero-order valence-corrected chi connectivity index (χ0v) is 24.2. The molecular formula is C32H45F3O3S.